The van der Waals surface area contributed by atoms with Gasteiger partial charge in [0.1, 0.15) is 48.8 Å². The number of rotatable bonds is 20. The number of hydrogen-bond donors (Lipinski definition) is 7. The van der Waals surface area contributed by atoms with E-state index in [4.69, 9.17) is 18.9 Å². The molecule has 0 radical (unpaired) electrons. The molecule has 0 amide bonds. The van der Waals surface area contributed by atoms with Crippen LogP contribution in [-0.4, -0.2) is 117 Å². The van der Waals surface area contributed by atoms with Gasteiger partial charge in [-0.1, -0.05) is 84.3 Å². The van der Waals surface area contributed by atoms with Gasteiger partial charge in [-0.25, -0.2) is 0 Å². The zero-order valence-corrected chi connectivity index (χ0v) is 27.5. The molecule has 7 N–H and O–H groups in total. The quantitative estimate of drug-likeness (QED) is 0.0773. The van der Waals surface area contributed by atoms with Crippen LogP contribution in [0.4, 0.5) is 0 Å². The fourth-order valence-electron chi connectivity index (χ4n) is 5.99. The standard InChI is InChI=1S/C33H62O11/c1-20(2)10-6-11-21(3)12-7-13-22(4)14-8-15-23(5)16-9-17-41-32-30(40)28(38)31(25(19-35)43-32)44-33-29(39)27(37)26(36)24(18-34)42-33/h16,20-22,24-40H,6-15,17-19H2,1-5H3. The van der Waals surface area contributed by atoms with Gasteiger partial charge < -0.3 is 54.7 Å². The van der Waals surface area contributed by atoms with Gasteiger partial charge in [0, 0.05) is 0 Å². The second-order valence-electron chi connectivity index (χ2n) is 13.6. The zero-order valence-electron chi connectivity index (χ0n) is 27.5. The smallest absolute Gasteiger partial charge is 0.187 e. The third kappa shape index (κ3) is 12.8. The predicted octanol–water partition coefficient (Wildman–Crippen LogP) is 2.40. The molecule has 2 rings (SSSR count). The first-order valence-electron chi connectivity index (χ1n) is 16.7. The number of allylic oxidation sites excluding steroid dienone is 1. The van der Waals surface area contributed by atoms with Crippen LogP contribution in [-0.2, 0) is 18.9 Å². The maximum absolute atomic E-state index is 10.7. The van der Waals surface area contributed by atoms with E-state index in [2.05, 4.69) is 40.7 Å². The Bertz CT molecular complexity index is 792. The van der Waals surface area contributed by atoms with E-state index >= 15 is 0 Å². The maximum Gasteiger partial charge on any atom is 0.187 e. The molecule has 0 spiro atoms. The van der Waals surface area contributed by atoms with Gasteiger partial charge in [0.2, 0.25) is 0 Å². The fraction of sp³-hybridized carbons (Fsp3) is 0.939. The Morgan fingerprint density at radius 1 is 0.682 bits per heavy atom. The van der Waals surface area contributed by atoms with Gasteiger partial charge in [-0.2, -0.15) is 0 Å². The van der Waals surface area contributed by atoms with Crippen molar-refractivity contribution in [3.63, 3.8) is 0 Å². The summed E-state index contributed by atoms with van der Waals surface area (Å²) in [7, 11) is 0. The van der Waals surface area contributed by atoms with E-state index in [1.807, 2.05) is 0 Å². The van der Waals surface area contributed by atoms with Crippen molar-refractivity contribution in [1.82, 2.24) is 0 Å². The summed E-state index contributed by atoms with van der Waals surface area (Å²) in [6.45, 7) is 10.4. The first-order valence-corrected chi connectivity index (χ1v) is 16.7. The zero-order chi connectivity index (χ0) is 32.8. The molecule has 0 aromatic carbocycles. The molecule has 12 atom stereocenters. The van der Waals surface area contributed by atoms with Crippen molar-refractivity contribution < 1.29 is 54.7 Å². The lowest BCUT2D eigenvalue weighted by atomic mass is 9.91. The van der Waals surface area contributed by atoms with Crippen molar-refractivity contribution in [2.75, 3.05) is 19.8 Å². The van der Waals surface area contributed by atoms with E-state index in [0.29, 0.717) is 6.42 Å². The molecule has 44 heavy (non-hydrogen) atoms. The van der Waals surface area contributed by atoms with Gasteiger partial charge in [-0.3, -0.25) is 0 Å². The van der Waals surface area contributed by atoms with Crippen molar-refractivity contribution in [1.29, 1.82) is 0 Å². The molecule has 0 saturated carbocycles. The second-order valence-corrected chi connectivity index (χ2v) is 13.6. The minimum absolute atomic E-state index is 0.230. The van der Waals surface area contributed by atoms with E-state index in [1.54, 1.807) is 0 Å². The molecule has 0 aromatic rings. The summed E-state index contributed by atoms with van der Waals surface area (Å²) in [4.78, 5) is 0. The molecule has 11 heteroatoms. The molecule has 2 saturated heterocycles. The monoisotopic (exact) mass is 634 g/mol. The molecule has 2 heterocycles. The number of aliphatic hydroxyl groups excluding tert-OH is 7. The van der Waals surface area contributed by atoms with Gasteiger partial charge >= 0.3 is 0 Å². The summed E-state index contributed by atoms with van der Waals surface area (Å²) in [6.07, 6.45) is -0.568. The van der Waals surface area contributed by atoms with E-state index in [9.17, 15) is 35.7 Å². The highest BCUT2D eigenvalue weighted by molar-refractivity contribution is 4.98. The first kappa shape index (κ1) is 39.5. The van der Waals surface area contributed by atoms with Crippen molar-refractivity contribution in [2.24, 2.45) is 17.8 Å². The van der Waals surface area contributed by atoms with Gasteiger partial charge in [-0.05, 0) is 43.9 Å². The van der Waals surface area contributed by atoms with Crippen LogP contribution in [0.2, 0.25) is 0 Å². The van der Waals surface area contributed by atoms with Crippen LogP contribution in [0.5, 0.6) is 0 Å². The third-order valence-corrected chi connectivity index (χ3v) is 8.99. The van der Waals surface area contributed by atoms with E-state index in [1.165, 1.54) is 50.5 Å². The van der Waals surface area contributed by atoms with E-state index in [0.717, 1.165) is 30.6 Å². The Morgan fingerprint density at radius 2 is 1.23 bits per heavy atom. The van der Waals surface area contributed by atoms with Crippen LogP contribution in [0, 0.1) is 17.8 Å². The van der Waals surface area contributed by atoms with Gasteiger partial charge in [0.15, 0.2) is 12.6 Å². The normalized spacial score (nSPS) is 34.8. The first-order chi connectivity index (χ1) is 20.9. The number of aliphatic hydroxyl groups is 7. The molecule has 0 aromatic heterocycles. The Labute approximate surface area is 264 Å². The summed E-state index contributed by atoms with van der Waals surface area (Å²) in [5, 5.41) is 70.8. The highest BCUT2D eigenvalue weighted by Gasteiger charge is 2.50. The second kappa shape index (κ2) is 20.5. The summed E-state index contributed by atoms with van der Waals surface area (Å²) in [5.41, 5.74) is 1.27. The van der Waals surface area contributed by atoms with E-state index < -0.39 is 74.6 Å². The Hall–Kier alpha value is -0.700. The summed E-state index contributed by atoms with van der Waals surface area (Å²) in [5.74, 6) is 2.34. The van der Waals surface area contributed by atoms with Gasteiger partial charge in [-0.15, -0.1) is 0 Å². The van der Waals surface area contributed by atoms with Crippen molar-refractivity contribution in [2.45, 2.75) is 160 Å². The highest BCUT2D eigenvalue weighted by Crippen LogP contribution is 2.30. The Kier molecular flexibility index (Phi) is 18.4. The molecule has 2 fully saturated rings. The molecule has 0 aliphatic carbocycles. The van der Waals surface area contributed by atoms with Crippen LogP contribution in [0.1, 0.15) is 98.8 Å². The predicted molar refractivity (Wildman–Crippen MR) is 165 cm³/mol. The van der Waals surface area contributed by atoms with Crippen LogP contribution in [0.25, 0.3) is 0 Å². The van der Waals surface area contributed by atoms with Crippen molar-refractivity contribution >= 4 is 0 Å². The van der Waals surface area contributed by atoms with Crippen LogP contribution in [0.3, 0.4) is 0 Å². The minimum Gasteiger partial charge on any atom is -0.394 e. The van der Waals surface area contributed by atoms with Crippen LogP contribution >= 0.6 is 0 Å². The molecular formula is C33H62O11. The summed E-state index contributed by atoms with van der Waals surface area (Å²) >= 11 is 0. The van der Waals surface area contributed by atoms with Crippen molar-refractivity contribution in [3.8, 4) is 0 Å². The molecule has 260 valence electrons. The third-order valence-electron chi connectivity index (χ3n) is 8.99. The molecule has 2 aliphatic heterocycles. The average molecular weight is 635 g/mol. The topological polar surface area (TPSA) is 179 Å². The molecule has 11 nitrogen and oxygen atoms in total. The Balaban J connectivity index is 1.69. The molecule has 0 bridgehead atoms. The minimum atomic E-state index is -1.71. The average Bonchev–Trinajstić information content (AvgIpc) is 2.98. The SMILES string of the molecule is CC(=CCCOC1OC(CO)C(OC2OC(CO)C(O)C(O)C2O)C(O)C1O)CCCC(C)CCCC(C)CCCC(C)C. The largest absolute Gasteiger partial charge is 0.394 e. The summed E-state index contributed by atoms with van der Waals surface area (Å²) < 4.78 is 22.2. The van der Waals surface area contributed by atoms with E-state index in [-0.39, 0.29) is 6.61 Å². The van der Waals surface area contributed by atoms with Gasteiger partial charge in [0.05, 0.1) is 19.8 Å². The van der Waals surface area contributed by atoms with Gasteiger partial charge in [0.25, 0.3) is 0 Å². The van der Waals surface area contributed by atoms with Crippen LogP contribution < -0.4 is 0 Å². The van der Waals surface area contributed by atoms with Crippen molar-refractivity contribution in [3.05, 3.63) is 11.6 Å². The summed E-state index contributed by atoms with van der Waals surface area (Å²) in [6, 6.07) is 0. The molecular weight excluding hydrogens is 572 g/mol. The highest BCUT2D eigenvalue weighted by atomic mass is 16.7. The maximum atomic E-state index is 10.7. The number of hydrogen-bond acceptors (Lipinski definition) is 11. The number of ether oxygens (including phenoxy) is 4. The molecule has 2 aliphatic rings. The lowest BCUT2D eigenvalue weighted by Crippen LogP contribution is -2.64. The molecule has 12 unspecified atom stereocenters. The lowest BCUT2D eigenvalue weighted by molar-refractivity contribution is -0.359. The van der Waals surface area contributed by atoms with Crippen LogP contribution in [0.15, 0.2) is 11.6 Å². The lowest BCUT2D eigenvalue weighted by Gasteiger charge is -2.45. The Morgan fingerprint density at radius 3 is 1.82 bits per heavy atom. The fourth-order valence-corrected chi connectivity index (χ4v) is 5.99.